The van der Waals surface area contributed by atoms with E-state index in [9.17, 15) is 8.78 Å². The molecule has 0 amide bonds. The summed E-state index contributed by atoms with van der Waals surface area (Å²) in [5, 5.41) is 0.476. The highest BCUT2D eigenvalue weighted by atomic mass is 19.1. The van der Waals surface area contributed by atoms with E-state index in [0.717, 1.165) is 19.0 Å². The third-order valence-corrected chi connectivity index (χ3v) is 3.99. The van der Waals surface area contributed by atoms with E-state index in [0.29, 0.717) is 29.0 Å². The fourth-order valence-corrected chi connectivity index (χ4v) is 2.40. The zero-order valence-corrected chi connectivity index (χ0v) is 12.1. The number of ether oxygens (including phenoxy) is 1. The average Bonchev–Trinajstić information content (AvgIpc) is 3.13. The van der Waals surface area contributed by atoms with Crippen molar-refractivity contribution in [3.8, 4) is 17.0 Å². The quantitative estimate of drug-likeness (QED) is 0.776. The second-order valence-corrected chi connectivity index (χ2v) is 5.90. The van der Waals surface area contributed by atoms with Gasteiger partial charge in [-0.05, 0) is 18.9 Å². The van der Waals surface area contributed by atoms with Gasteiger partial charge in [0.1, 0.15) is 29.5 Å². The lowest BCUT2D eigenvalue weighted by atomic mass is 10.1. The number of aromatic amines is 1. The van der Waals surface area contributed by atoms with Crippen molar-refractivity contribution in [2.75, 3.05) is 6.61 Å². The highest BCUT2D eigenvalue weighted by molar-refractivity contribution is 5.92. The smallest absolute Gasteiger partial charge is 0.153 e. The molecule has 0 aromatic carbocycles. The molecule has 0 aliphatic heterocycles. The predicted molar refractivity (Wildman–Crippen MR) is 80.9 cm³/mol. The van der Waals surface area contributed by atoms with E-state index < -0.39 is 11.6 Å². The maximum atomic E-state index is 14.4. The van der Waals surface area contributed by atoms with Crippen molar-refractivity contribution < 1.29 is 13.5 Å². The summed E-state index contributed by atoms with van der Waals surface area (Å²) in [4.78, 5) is 10.9. The van der Waals surface area contributed by atoms with Crippen LogP contribution in [0.15, 0.2) is 30.7 Å². The molecule has 1 aliphatic rings. The minimum atomic E-state index is -0.547. The molecule has 3 heterocycles. The molecule has 118 valence electrons. The Balaban J connectivity index is 1.66. The summed E-state index contributed by atoms with van der Waals surface area (Å²) in [5.41, 5.74) is 6.69. The Morgan fingerprint density at radius 1 is 1.22 bits per heavy atom. The Hall–Kier alpha value is -2.54. The second kappa shape index (κ2) is 4.99. The van der Waals surface area contributed by atoms with Crippen molar-refractivity contribution in [2.45, 2.75) is 18.4 Å². The largest absolute Gasteiger partial charge is 0.490 e. The molecule has 1 aliphatic carbocycles. The summed E-state index contributed by atoms with van der Waals surface area (Å²) >= 11 is 0. The first-order valence-corrected chi connectivity index (χ1v) is 7.24. The lowest BCUT2D eigenvalue weighted by molar-refractivity contribution is 0.277. The van der Waals surface area contributed by atoms with Gasteiger partial charge in [0.25, 0.3) is 0 Å². The minimum absolute atomic E-state index is 0.116. The van der Waals surface area contributed by atoms with Gasteiger partial charge in [-0.2, -0.15) is 0 Å². The number of nitrogens with two attached hydrogens (primary N) is 1. The topological polar surface area (TPSA) is 76.8 Å². The third-order valence-electron chi connectivity index (χ3n) is 3.99. The molecule has 3 aromatic heterocycles. The van der Waals surface area contributed by atoms with Gasteiger partial charge in [-0.25, -0.2) is 18.7 Å². The maximum Gasteiger partial charge on any atom is 0.153 e. The Morgan fingerprint density at radius 3 is 2.78 bits per heavy atom. The van der Waals surface area contributed by atoms with Crippen LogP contribution in [0.2, 0.25) is 0 Å². The second-order valence-electron chi connectivity index (χ2n) is 5.90. The number of aromatic nitrogens is 3. The van der Waals surface area contributed by atoms with Crippen LogP contribution in [0.1, 0.15) is 12.8 Å². The zero-order valence-electron chi connectivity index (χ0n) is 12.1. The molecule has 0 radical (unpaired) electrons. The summed E-state index contributed by atoms with van der Waals surface area (Å²) in [6.07, 6.45) is 5.92. The zero-order chi connectivity index (χ0) is 16.0. The highest BCUT2D eigenvalue weighted by Crippen LogP contribution is 2.33. The first-order chi connectivity index (χ1) is 11.0. The monoisotopic (exact) mass is 316 g/mol. The van der Waals surface area contributed by atoms with Gasteiger partial charge in [-0.3, -0.25) is 0 Å². The van der Waals surface area contributed by atoms with Crippen molar-refractivity contribution in [3.63, 3.8) is 0 Å². The number of nitrogens with one attached hydrogen (secondary N) is 1. The molecule has 0 bridgehead atoms. The standard InChI is InChI=1S/C16H14F2N4O/c17-9-3-11-12(7-22-15(11)21-5-9)14-13(18)4-10(6-20-14)23-8-16(19)1-2-16/h3-7H,1-2,8,19H2,(H,21,22). The van der Waals surface area contributed by atoms with Gasteiger partial charge in [0.15, 0.2) is 5.82 Å². The minimum Gasteiger partial charge on any atom is -0.490 e. The lowest BCUT2D eigenvalue weighted by Crippen LogP contribution is -2.29. The summed E-state index contributed by atoms with van der Waals surface area (Å²) in [6, 6.07) is 2.56. The number of hydrogen-bond acceptors (Lipinski definition) is 4. The normalized spacial score (nSPS) is 15.8. The van der Waals surface area contributed by atoms with Crippen LogP contribution in [0, 0.1) is 11.6 Å². The van der Waals surface area contributed by atoms with E-state index in [2.05, 4.69) is 15.0 Å². The molecule has 0 spiro atoms. The molecule has 3 N–H and O–H groups in total. The van der Waals surface area contributed by atoms with E-state index in [-0.39, 0.29) is 11.2 Å². The highest BCUT2D eigenvalue weighted by Gasteiger charge is 2.39. The molecule has 5 nitrogen and oxygen atoms in total. The van der Waals surface area contributed by atoms with Crippen molar-refractivity contribution >= 4 is 11.0 Å². The van der Waals surface area contributed by atoms with Crippen molar-refractivity contribution in [2.24, 2.45) is 5.73 Å². The van der Waals surface area contributed by atoms with Crippen LogP contribution in [-0.2, 0) is 0 Å². The molecular formula is C16H14F2N4O. The van der Waals surface area contributed by atoms with Crippen molar-refractivity contribution in [3.05, 3.63) is 42.4 Å². The van der Waals surface area contributed by atoms with Gasteiger partial charge in [-0.15, -0.1) is 0 Å². The molecule has 0 saturated heterocycles. The molecule has 1 fully saturated rings. The first kappa shape index (κ1) is 14.1. The maximum absolute atomic E-state index is 14.4. The molecule has 4 rings (SSSR count). The summed E-state index contributed by atoms with van der Waals surface area (Å²) < 4.78 is 33.2. The van der Waals surface area contributed by atoms with Crippen LogP contribution in [0.25, 0.3) is 22.3 Å². The molecule has 0 unspecified atom stereocenters. The summed E-state index contributed by atoms with van der Waals surface area (Å²) in [7, 11) is 0. The Morgan fingerprint density at radius 2 is 2.04 bits per heavy atom. The van der Waals surface area contributed by atoms with Crippen LogP contribution in [-0.4, -0.2) is 27.1 Å². The van der Waals surface area contributed by atoms with Gasteiger partial charge < -0.3 is 15.5 Å². The van der Waals surface area contributed by atoms with Gasteiger partial charge in [0, 0.05) is 23.2 Å². The number of H-pyrrole nitrogens is 1. The van der Waals surface area contributed by atoms with E-state index in [1.807, 2.05) is 0 Å². The SMILES string of the molecule is NC1(COc2cnc(-c3c[nH]c4ncc(F)cc34)c(F)c2)CC1. The van der Waals surface area contributed by atoms with E-state index in [1.165, 1.54) is 18.3 Å². The van der Waals surface area contributed by atoms with Crippen LogP contribution in [0.5, 0.6) is 5.75 Å². The van der Waals surface area contributed by atoms with E-state index in [4.69, 9.17) is 10.5 Å². The molecular weight excluding hydrogens is 302 g/mol. The van der Waals surface area contributed by atoms with Crippen molar-refractivity contribution in [1.29, 1.82) is 0 Å². The van der Waals surface area contributed by atoms with Crippen molar-refractivity contribution in [1.82, 2.24) is 15.0 Å². The molecule has 7 heteroatoms. The van der Waals surface area contributed by atoms with Crippen LogP contribution in [0.4, 0.5) is 8.78 Å². The number of halogens is 2. The predicted octanol–water partition coefficient (Wildman–Crippen LogP) is 2.77. The third kappa shape index (κ3) is 2.63. The van der Waals surface area contributed by atoms with Crippen LogP contribution in [0.3, 0.4) is 0 Å². The van der Waals surface area contributed by atoms with E-state index in [1.54, 1.807) is 6.20 Å². The number of hydrogen-bond donors (Lipinski definition) is 2. The average molecular weight is 316 g/mol. The lowest BCUT2D eigenvalue weighted by Gasteiger charge is -2.11. The molecule has 1 saturated carbocycles. The Kier molecular flexibility index (Phi) is 3.05. The summed E-state index contributed by atoms with van der Waals surface area (Å²) in [5.74, 6) is -0.710. The number of fused-ring (bicyclic) bond motifs is 1. The molecule has 23 heavy (non-hydrogen) atoms. The first-order valence-electron chi connectivity index (χ1n) is 7.24. The number of nitrogens with zero attached hydrogens (tertiary/aromatic N) is 2. The van der Waals surface area contributed by atoms with E-state index >= 15 is 0 Å². The molecule has 0 atom stereocenters. The molecule has 3 aromatic rings. The summed E-state index contributed by atoms with van der Waals surface area (Å²) in [6.45, 7) is 0.343. The number of rotatable bonds is 4. The van der Waals surface area contributed by atoms with Gasteiger partial charge in [0.2, 0.25) is 0 Å². The van der Waals surface area contributed by atoms with Crippen LogP contribution < -0.4 is 10.5 Å². The Labute approximate surface area is 130 Å². The fourth-order valence-electron chi connectivity index (χ4n) is 2.40. The van der Waals surface area contributed by atoms with Gasteiger partial charge in [0.05, 0.1) is 17.9 Å². The fraction of sp³-hybridized carbons (Fsp3) is 0.250. The van der Waals surface area contributed by atoms with Gasteiger partial charge >= 0.3 is 0 Å². The Bertz CT molecular complexity index is 889. The van der Waals surface area contributed by atoms with Crippen LogP contribution >= 0.6 is 0 Å². The van der Waals surface area contributed by atoms with Gasteiger partial charge in [-0.1, -0.05) is 0 Å². The number of pyridine rings is 2.